The SMILES string of the molecule is COSc1ccc(OC2C(C)[C@@H]3[C@@H](CC[C@]4(C)CCC[C@@H]34)[C@@]3(C)CCC(=O)N(C)C23)cc1. The van der Waals surface area contributed by atoms with E-state index in [1.807, 2.05) is 7.05 Å². The van der Waals surface area contributed by atoms with Crippen molar-refractivity contribution in [2.75, 3.05) is 14.2 Å². The lowest BCUT2D eigenvalue weighted by atomic mass is 9.44. The fourth-order valence-electron chi connectivity index (χ4n) is 8.49. The average molecular weight is 458 g/mol. The minimum absolute atomic E-state index is 0.0272. The summed E-state index contributed by atoms with van der Waals surface area (Å²) in [6, 6.07) is 8.37. The van der Waals surface area contributed by atoms with Gasteiger partial charge in [0.25, 0.3) is 0 Å². The number of likely N-dealkylation sites (N-methyl/N-ethyl adjacent to an activating group) is 1. The van der Waals surface area contributed by atoms with E-state index in [1.165, 1.54) is 44.1 Å². The van der Waals surface area contributed by atoms with Crippen molar-refractivity contribution in [1.29, 1.82) is 0 Å². The maximum atomic E-state index is 12.9. The predicted octanol–water partition coefficient (Wildman–Crippen LogP) is 6.20. The molecule has 3 unspecified atom stereocenters. The average Bonchev–Trinajstić information content (AvgIpc) is 3.17. The van der Waals surface area contributed by atoms with E-state index < -0.39 is 0 Å². The number of ether oxygens (including phenoxy) is 1. The number of hydrogen-bond acceptors (Lipinski definition) is 4. The highest BCUT2D eigenvalue weighted by molar-refractivity contribution is 7.94. The highest BCUT2D eigenvalue weighted by Crippen LogP contribution is 2.66. The fraction of sp³-hybridized carbons (Fsp3) is 0.741. The Morgan fingerprint density at radius 2 is 1.81 bits per heavy atom. The second-order valence-corrected chi connectivity index (χ2v) is 12.5. The lowest BCUT2D eigenvalue weighted by molar-refractivity contribution is -0.191. The van der Waals surface area contributed by atoms with Gasteiger partial charge in [0.05, 0.1) is 13.2 Å². The second-order valence-electron chi connectivity index (χ2n) is 11.5. The van der Waals surface area contributed by atoms with Crippen molar-refractivity contribution in [3.8, 4) is 5.75 Å². The van der Waals surface area contributed by atoms with Gasteiger partial charge in [-0.2, -0.15) is 0 Å². The summed E-state index contributed by atoms with van der Waals surface area (Å²) in [5.74, 6) is 3.78. The Labute approximate surface area is 198 Å². The third-order valence-corrected chi connectivity index (χ3v) is 10.7. The van der Waals surface area contributed by atoms with Crippen LogP contribution in [0.1, 0.15) is 65.7 Å². The first-order valence-corrected chi connectivity index (χ1v) is 13.3. The van der Waals surface area contributed by atoms with Gasteiger partial charge in [0.2, 0.25) is 5.91 Å². The second kappa shape index (κ2) is 8.23. The number of nitrogens with zero attached hydrogens (tertiary/aromatic N) is 1. The molecule has 0 aromatic heterocycles. The van der Waals surface area contributed by atoms with Crippen LogP contribution in [0.5, 0.6) is 5.75 Å². The Hall–Kier alpha value is -1.20. The van der Waals surface area contributed by atoms with E-state index >= 15 is 0 Å². The van der Waals surface area contributed by atoms with Gasteiger partial charge >= 0.3 is 0 Å². The first kappa shape index (κ1) is 22.6. The Morgan fingerprint density at radius 3 is 2.53 bits per heavy atom. The van der Waals surface area contributed by atoms with Crippen molar-refractivity contribution in [3.63, 3.8) is 0 Å². The molecule has 0 N–H and O–H groups in total. The third kappa shape index (κ3) is 3.41. The van der Waals surface area contributed by atoms with Crippen molar-refractivity contribution in [2.24, 2.45) is 34.5 Å². The molecule has 3 saturated carbocycles. The van der Waals surface area contributed by atoms with Crippen LogP contribution in [-0.2, 0) is 8.98 Å². The van der Waals surface area contributed by atoms with Gasteiger partial charge in [0.1, 0.15) is 11.9 Å². The maximum absolute atomic E-state index is 12.9. The lowest BCUT2D eigenvalue weighted by Crippen LogP contribution is -2.69. The Bertz CT molecular complexity index is 859. The number of carbonyl (C=O) groups excluding carboxylic acids is 1. The highest BCUT2D eigenvalue weighted by Gasteiger charge is 2.64. The summed E-state index contributed by atoms with van der Waals surface area (Å²) in [7, 11) is 3.71. The zero-order valence-electron chi connectivity index (χ0n) is 20.3. The van der Waals surface area contributed by atoms with E-state index in [0.717, 1.165) is 23.0 Å². The minimum atomic E-state index is 0.0272. The normalized spacial score (nSPS) is 43.4. The number of amides is 1. The number of hydrogen-bond donors (Lipinski definition) is 0. The van der Waals surface area contributed by atoms with Gasteiger partial charge in [-0.15, -0.1) is 0 Å². The molecule has 1 amide bonds. The van der Waals surface area contributed by atoms with Crippen LogP contribution in [0.4, 0.5) is 0 Å². The molecular weight excluding hydrogens is 418 g/mol. The van der Waals surface area contributed by atoms with Crippen molar-refractivity contribution in [2.45, 2.75) is 82.8 Å². The molecule has 4 fully saturated rings. The van der Waals surface area contributed by atoms with Crippen LogP contribution < -0.4 is 4.74 Å². The first-order chi connectivity index (χ1) is 15.3. The Morgan fingerprint density at radius 1 is 1.06 bits per heavy atom. The van der Waals surface area contributed by atoms with Crippen LogP contribution in [0.15, 0.2) is 29.2 Å². The van der Waals surface area contributed by atoms with Gasteiger partial charge in [-0.3, -0.25) is 4.79 Å². The summed E-state index contributed by atoms with van der Waals surface area (Å²) in [4.78, 5) is 16.0. The largest absolute Gasteiger partial charge is 0.488 e. The number of benzene rings is 1. The summed E-state index contributed by atoms with van der Waals surface area (Å²) >= 11 is 1.37. The van der Waals surface area contributed by atoms with Crippen molar-refractivity contribution < 1.29 is 13.7 Å². The molecule has 4 nitrogen and oxygen atoms in total. The molecule has 0 bridgehead atoms. The van der Waals surface area contributed by atoms with Crippen LogP contribution in [0, 0.1) is 34.5 Å². The first-order valence-electron chi connectivity index (χ1n) is 12.5. The summed E-state index contributed by atoms with van der Waals surface area (Å²) < 4.78 is 12.0. The molecule has 176 valence electrons. The molecule has 1 heterocycles. The highest BCUT2D eigenvalue weighted by atomic mass is 32.2. The molecule has 5 heteroatoms. The van der Waals surface area contributed by atoms with E-state index in [0.29, 0.717) is 29.6 Å². The molecular formula is C27H39NO3S. The lowest BCUT2D eigenvalue weighted by Gasteiger charge is -2.65. The minimum Gasteiger partial charge on any atom is -0.488 e. The molecule has 1 aromatic carbocycles. The van der Waals surface area contributed by atoms with E-state index in [1.54, 1.807) is 7.11 Å². The molecule has 1 aromatic rings. The number of piperidine rings is 1. The smallest absolute Gasteiger partial charge is 0.222 e. The van der Waals surface area contributed by atoms with Crippen LogP contribution in [0.25, 0.3) is 0 Å². The number of carbonyl (C=O) groups is 1. The summed E-state index contributed by atoms with van der Waals surface area (Å²) in [5, 5.41) is 0. The molecule has 1 saturated heterocycles. The van der Waals surface area contributed by atoms with Gasteiger partial charge in [-0.05, 0) is 90.9 Å². The quantitative estimate of drug-likeness (QED) is 0.505. The molecule has 0 radical (unpaired) electrons. The van der Waals surface area contributed by atoms with Crippen molar-refractivity contribution in [1.82, 2.24) is 4.90 Å². The molecule has 3 aliphatic carbocycles. The molecule has 1 aliphatic heterocycles. The number of rotatable bonds is 4. The van der Waals surface area contributed by atoms with Gasteiger partial charge in [-0.25, -0.2) is 0 Å². The molecule has 5 rings (SSSR count). The summed E-state index contributed by atoms with van der Waals surface area (Å²) in [6.07, 6.45) is 8.51. The van der Waals surface area contributed by atoms with Crippen LogP contribution in [-0.4, -0.2) is 37.1 Å². The van der Waals surface area contributed by atoms with Crippen molar-refractivity contribution in [3.05, 3.63) is 24.3 Å². The zero-order valence-corrected chi connectivity index (χ0v) is 21.1. The molecule has 32 heavy (non-hydrogen) atoms. The standard InChI is InChI=1S/C27H39NO3S/c1-17-23-20-7-6-14-26(20,2)15-12-21(23)27(3)16-13-22(29)28(4)25(27)24(17)31-18-8-10-19(11-9-18)32-30-5/h8-11,17,20-21,23-25H,6-7,12-16H2,1-5H3/t17?,20-,21+,23-,24?,25?,26-,27+/m0/s1. The zero-order chi connectivity index (χ0) is 22.7. The summed E-state index contributed by atoms with van der Waals surface area (Å²) in [6.45, 7) is 7.46. The van der Waals surface area contributed by atoms with Gasteiger partial charge in [0.15, 0.2) is 0 Å². The van der Waals surface area contributed by atoms with Crippen LogP contribution in [0.2, 0.25) is 0 Å². The summed E-state index contributed by atoms with van der Waals surface area (Å²) in [5.41, 5.74) is 0.624. The van der Waals surface area contributed by atoms with Crippen LogP contribution in [0.3, 0.4) is 0 Å². The monoisotopic (exact) mass is 457 g/mol. The van der Waals surface area contributed by atoms with Crippen LogP contribution >= 0.6 is 12.0 Å². The number of fused-ring (bicyclic) bond motifs is 5. The van der Waals surface area contributed by atoms with E-state index in [4.69, 9.17) is 8.92 Å². The fourth-order valence-corrected chi connectivity index (χ4v) is 8.93. The predicted molar refractivity (Wildman–Crippen MR) is 128 cm³/mol. The van der Waals surface area contributed by atoms with E-state index in [-0.39, 0.29) is 23.5 Å². The Kier molecular flexibility index (Phi) is 5.81. The van der Waals surface area contributed by atoms with Gasteiger partial charge in [0, 0.05) is 30.4 Å². The van der Waals surface area contributed by atoms with E-state index in [2.05, 4.69) is 49.9 Å². The topological polar surface area (TPSA) is 38.8 Å². The maximum Gasteiger partial charge on any atom is 0.222 e. The third-order valence-electron chi connectivity index (χ3n) is 10.0. The van der Waals surface area contributed by atoms with Crippen molar-refractivity contribution >= 4 is 17.9 Å². The molecule has 4 aliphatic rings. The Balaban J connectivity index is 1.52. The van der Waals surface area contributed by atoms with Gasteiger partial charge in [-0.1, -0.05) is 27.2 Å². The molecule has 0 spiro atoms. The number of likely N-dealkylation sites (tertiary alicyclic amines) is 1. The van der Waals surface area contributed by atoms with E-state index in [9.17, 15) is 4.79 Å². The molecule has 8 atom stereocenters. The van der Waals surface area contributed by atoms with Gasteiger partial charge < -0.3 is 13.8 Å².